The monoisotopic (exact) mass is 544 g/mol. The van der Waals surface area contributed by atoms with Crippen LogP contribution in [0.15, 0.2) is 46.4 Å². The quantitative estimate of drug-likeness (QED) is 0.110. The fourth-order valence-corrected chi connectivity index (χ4v) is 5.63. The van der Waals surface area contributed by atoms with Gasteiger partial charge in [0.1, 0.15) is 0 Å². The Kier molecular flexibility index (Phi) is 17.5. The van der Waals surface area contributed by atoms with Crippen molar-refractivity contribution >= 4 is 22.8 Å². The van der Waals surface area contributed by atoms with Gasteiger partial charge in [-0.3, -0.25) is 9.98 Å². The molecular weight excluding hydrogens is 484 g/mol. The van der Waals surface area contributed by atoms with Crippen molar-refractivity contribution in [2.45, 2.75) is 157 Å². The number of unbranched alkanes of at least 4 members (excludes halogenated alkanes) is 6. The first-order chi connectivity index (χ1) is 19.6. The highest BCUT2D eigenvalue weighted by Crippen LogP contribution is 2.25. The van der Waals surface area contributed by atoms with Crippen molar-refractivity contribution in [3.8, 4) is 0 Å². The minimum absolute atomic E-state index is 1.02. The van der Waals surface area contributed by atoms with E-state index in [0.717, 1.165) is 49.9 Å². The van der Waals surface area contributed by atoms with E-state index >= 15 is 0 Å². The summed E-state index contributed by atoms with van der Waals surface area (Å²) in [5.74, 6) is 0. The van der Waals surface area contributed by atoms with Crippen molar-refractivity contribution in [1.82, 2.24) is 0 Å². The molecule has 0 amide bonds. The van der Waals surface area contributed by atoms with Gasteiger partial charge in [0.2, 0.25) is 0 Å². The molecule has 0 aliphatic heterocycles. The number of aliphatic imine (C=N–C) groups is 2. The molecule has 0 fully saturated rings. The molecule has 2 rings (SSSR count). The molecule has 0 N–H and O–H groups in total. The zero-order valence-electron chi connectivity index (χ0n) is 27.1. The molecule has 0 aromatic heterocycles. The van der Waals surface area contributed by atoms with Gasteiger partial charge in [0.15, 0.2) is 0 Å². The van der Waals surface area contributed by atoms with Crippen molar-refractivity contribution in [2.24, 2.45) is 9.98 Å². The van der Waals surface area contributed by atoms with Crippen LogP contribution >= 0.6 is 0 Å². The molecule has 40 heavy (non-hydrogen) atoms. The predicted octanol–water partition coefficient (Wildman–Crippen LogP) is 12.3. The topological polar surface area (TPSA) is 24.7 Å². The highest BCUT2D eigenvalue weighted by molar-refractivity contribution is 6.43. The van der Waals surface area contributed by atoms with Crippen molar-refractivity contribution < 1.29 is 0 Å². The summed E-state index contributed by atoms with van der Waals surface area (Å²) in [5, 5.41) is 0. The van der Waals surface area contributed by atoms with E-state index in [1.54, 1.807) is 0 Å². The lowest BCUT2D eigenvalue weighted by Crippen LogP contribution is -2.14. The lowest BCUT2D eigenvalue weighted by atomic mass is 9.99. The average molecular weight is 545 g/mol. The van der Waals surface area contributed by atoms with Crippen molar-refractivity contribution in [3.05, 3.63) is 58.7 Å². The van der Waals surface area contributed by atoms with Crippen molar-refractivity contribution in [2.75, 3.05) is 0 Å². The molecule has 0 bridgehead atoms. The molecule has 2 aromatic carbocycles. The third-order valence-corrected chi connectivity index (χ3v) is 7.62. The first-order valence-corrected chi connectivity index (χ1v) is 17.0. The molecule has 0 radical (unpaired) electrons. The van der Waals surface area contributed by atoms with E-state index in [0.29, 0.717) is 0 Å². The second kappa shape index (κ2) is 20.6. The van der Waals surface area contributed by atoms with E-state index in [9.17, 15) is 0 Å². The standard InChI is InChI=1S/C38H60N2/c1-7-13-15-17-23-37(39-35-27-31(19-9-3)25-32(28-35)20-10-4)38(24-18-16-14-8-2)40-36-29-33(21-11-5)26-34(30-36)22-12-6/h25-30H,7-24H2,1-6H3. The summed E-state index contributed by atoms with van der Waals surface area (Å²) in [5.41, 5.74) is 10.4. The molecule has 2 heteroatoms. The zero-order chi connectivity index (χ0) is 29.0. The maximum atomic E-state index is 5.44. The average Bonchev–Trinajstić information content (AvgIpc) is 2.93. The van der Waals surface area contributed by atoms with E-state index < -0.39 is 0 Å². The third kappa shape index (κ3) is 13.0. The molecule has 0 aliphatic carbocycles. The van der Waals surface area contributed by atoms with Gasteiger partial charge in [-0.1, -0.05) is 118 Å². The lowest BCUT2D eigenvalue weighted by Gasteiger charge is -2.14. The van der Waals surface area contributed by atoms with Gasteiger partial charge in [0, 0.05) is 0 Å². The van der Waals surface area contributed by atoms with Gasteiger partial charge in [0.25, 0.3) is 0 Å². The molecule has 0 saturated heterocycles. The zero-order valence-corrected chi connectivity index (χ0v) is 27.1. The molecule has 222 valence electrons. The summed E-state index contributed by atoms with van der Waals surface area (Å²) in [6.45, 7) is 13.7. The maximum Gasteiger partial charge on any atom is 0.0639 e. The van der Waals surface area contributed by atoms with Gasteiger partial charge >= 0.3 is 0 Å². The number of rotatable bonds is 21. The Morgan fingerprint density at radius 2 is 0.725 bits per heavy atom. The van der Waals surface area contributed by atoms with Crippen LogP contribution in [0, 0.1) is 0 Å². The smallest absolute Gasteiger partial charge is 0.0639 e. The molecule has 0 atom stereocenters. The van der Waals surface area contributed by atoms with Crippen LogP contribution in [0.5, 0.6) is 0 Å². The number of nitrogens with zero attached hydrogens (tertiary/aromatic N) is 2. The predicted molar refractivity (Wildman–Crippen MR) is 181 cm³/mol. The Morgan fingerprint density at radius 1 is 0.400 bits per heavy atom. The van der Waals surface area contributed by atoms with Gasteiger partial charge < -0.3 is 0 Å². The summed E-state index contributed by atoms with van der Waals surface area (Å²) in [7, 11) is 0. The third-order valence-electron chi connectivity index (χ3n) is 7.62. The number of benzene rings is 2. The van der Waals surface area contributed by atoms with Crippen LogP contribution in [-0.4, -0.2) is 11.4 Å². The second-order valence-corrected chi connectivity index (χ2v) is 11.8. The fourth-order valence-electron chi connectivity index (χ4n) is 5.63. The molecule has 0 heterocycles. The van der Waals surface area contributed by atoms with E-state index in [-0.39, 0.29) is 0 Å². The van der Waals surface area contributed by atoms with E-state index in [1.165, 1.54) is 111 Å². The normalized spacial score (nSPS) is 12.3. The van der Waals surface area contributed by atoms with E-state index in [4.69, 9.17) is 9.98 Å². The molecule has 2 nitrogen and oxygen atoms in total. The first kappa shape index (κ1) is 34.0. The summed E-state index contributed by atoms with van der Waals surface area (Å²) in [4.78, 5) is 10.9. The number of aryl methyl sites for hydroxylation is 4. The van der Waals surface area contributed by atoms with Gasteiger partial charge in [-0.05, 0) is 97.9 Å². The van der Waals surface area contributed by atoms with Crippen LogP contribution in [-0.2, 0) is 25.7 Å². The molecular formula is C38H60N2. The largest absolute Gasteiger partial charge is 0.252 e. The summed E-state index contributed by atoms with van der Waals surface area (Å²) < 4.78 is 0. The SMILES string of the molecule is CCCCCCC(=Nc1cc(CCC)cc(CCC)c1)C(CCCCCC)=Nc1cc(CCC)cc(CCC)c1. The van der Waals surface area contributed by atoms with Crippen LogP contribution in [0.4, 0.5) is 11.4 Å². The fraction of sp³-hybridized carbons (Fsp3) is 0.632. The van der Waals surface area contributed by atoms with Gasteiger partial charge in [0.05, 0.1) is 22.8 Å². The van der Waals surface area contributed by atoms with Crippen molar-refractivity contribution in [3.63, 3.8) is 0 Å². The number of hydrogen-bond donors (Lipinski definition) is 0. The van der Waals surface area contributed by atoms with Gasteiger partial charge in [-0.25, -0.2) is 0 Å². The summed E-state index contributed by atoms with van der Waals surface area (Å²) in [6.07, 6.45) is 21.2. The summed E-state index contributed by atoms with van der Waals surface area (Å²) >= 11 is 0. The van der Waals surface area contributed by atoms with E-state index in [2.05, 4.69) is 77.9 Å². The molecule has 0 unspecified atom stereocenters. The van der Waals surface area contributed by atoms with Crippen molar-refractivity contribution in [1.29, 1.82) is 0 Å². The highest BCUT2D eigenvalue weighted by atomic mass is 14.8. The molecule has 0 spiro atoms. The molecule has 0 saturated carbocycles. The van der Waals surface area contributed by atoms with E-state index in [1.807, 2.05) is 0 Å². The van der Waals surface area contributed by atoms with Crippen LogP contribution in [0.25, 0.3) is 0 Å². The molecule has 0 aliphatic rings. The van der Waals surface area contributed by atoms with Gasteiger partial charge in [-0.15, -0.1) is 0 Å². The van der Waals surface area contributed by atoms with Crippen LogP contribution in [0.2, 0.25) is 0 Å². The first-order valence-electron chi connectivity index (χ1n) is 17.0. The molecule has 2 aromatic rings. The van der Waals surface area contributed by atoms with Crippen LogP contribution in [0.1, 0.15) is 154 Å². The summed E-state index contributed by atoms with van der Waals surface area (Å²) in [6, 6.07) is 14.2. The second-order valence-electron chi connectivity index (χ2n) is 11.8. The highest BCUT2D eigenvalue weighted by Gasteiger charge is 2.13. The Balaban J connectivity index is 2.61. The lowest BCUT2D eigenvalue weighted by molar-refractivity contribution is 0.678. The minimum atomic E-state index is 1.02. The van der Waals surface area contributed by atoms with Crippen LogP contribution < -0.4 is 0 Å². The minimum Gasteiger partial charge on any atom is -0.252 e. The Hall–Kier alpha value is -2.22. The van der Waals surface area contributed by atoms with Gasteiger partial charge in [-0.2, -0.15) is 0 Å². The Bertz CT molecular complexity index is 898. The maximum absolute atomic E-state index is 5.44. The van der Waals surface area contributed by atoms with Crippen LogP contribution in [0.3, 0.4) is 0 Å². The Labute approximate surface area is 248 Å². The number of hydrogen-bond acceptors (Lipinski definition) is 2. The Morgan fingerprint density at radius 3 is 1.00 bits per heavy atom.